The van der Waals surface area contributed by atoms with Gasteiger partial charge in [0.05, 0.1) is 10.4 Å². The van der Waals surface area contributed by atoms with Crippen LogP contribution in [0.2, 0.25) is 0 Å². The average molecular weight is 253 g/mol. The lowest BCUT2D eigenvalue weighted by atomic mass is 9.88. The molecule has 4 nitrogen and oxygen atoms in total. The topological polar surface area (TPSA) is 54.0 Å². The Morgan fingerprint density at radius 1 is 1.76 bits per heavy atom. The van der Waals surface area contributed by atoms with Gasteiger partial charge in [-0.15, -0.1) is 11.3 Å². The molecule has 0 radical (unpaired) electrons. The zero-order valence-electron chi connectivity index (χ0n) is 10.3. The van der Waals surface area contributed by atoms with E-state index in [1.54, 1.807) is 17.5 Å². The maximum atomic E-state index is 12.1. The quantitative estimate of drug-likeness (QED) is 0.852. The first-order chi connectivity index (χ1) is 8.12. The van der Waals surface area contributed by atoms with Crippen molar-refractivity contribution in [2.24, 2.45) is 5.41 Å². The van der Waals surface area contributed by atoms with Gasteiger partial charge in [0, 0.05) is 30.6 Å². The predicted octanol–water partition coefficient (Wildman–Crippen LogP) is 1.36. The fourth-order valence-corrected chi connectivity index (χ4v) is 2.73. The number of amides is 1. The van der Waals surface area contributed by atoms with E-state index in [1.807, 2.05) is 12.3 Å². The number of hydrogen-bond acceptors (Lipinski definition) is 4. The number of carbonyl (C=O) groups is 1. The van der Waals surface area contributed by atoms with E-state index in [0.717, 1.165) is 24.5 Å². The van der Waals surface area contributed by atoms with Gasteiger partial charge in [-0.25, -0.2) is 4.98 Å². The summed E-state index contributed by atoms with van der Waals surface area (Å²) in [5, 5.41) is 9.33. The standard InChI is InChI=1S/C12H19N3OS/c1-9(10-14-5-6-17-10)7-15-11(16)12(2)3-4-13-8-12/h5-6,9,13H,3-4,7-8H2,1-2H3,(H,15,16). The van der Waals surface area contributed by atoms with Crippen LogP contribution in [0.5, 0.6) is 0 Å². The van der Waals surface area contributed by atoms with Crippen molar-refractivity contribution in [3.63, 3.8) is 0 Å². The van der Waals surface area contributed by atoms with Crippen LogP contribution >= 0.6 is 11.3 Å². The molecule has 1 fully saturated rings. The number of carbonyl (C=O) groups excluding carboxylic acids is 1. The largest absolute Gasteiger partial charge is 0.355 e. The lowest BCUT2D eigenvalue weighted by Gasteiger charge is -2.22. The van der Waals surface area contributed by atoms with Crippen LogP contribution in [0.3, 0.4) is 0 Å². The first kappa shape index (κ1) is 12.5. The van der Waals surface area contributed by atoms with Crippen LogP contribution in [0.15, 0.2) is 11.6 Å². The highest BCUT2D eigenvalue weighted by molar-refractivity contribution is 7.09. The lowest BCUT2D eigenvalue weighted by molar-refractivity contribution is -0.129. The van der Waals surface area contributed by atoms with Gasteiger partial charge < -0.3 is 10.6 Å². The zero-order chi connectivity index (χ0) is 12.3. The first-order valence-electron chi connectivity index (χ1n) is 6.00. The number of hydrogen-bond donors (Lipinski definition) is 2. The van der Waals surface area contributed by atoms with Crippen molar-refractivity contribution in [3.8, 4) is 0 Å². The average Bonchev–Trinajstić information content (AvgIpc) is 2.96. The Morgan fingerprint density at radius 3 is 3.18 bits per heavy atom. The molecule has 2 atom stereocenters. The van der Waals surface area contributed by atoms with Crippen LogP contribution in [-0.2, 0) is 4.79 Å². The summed E-state index contributed by atoms with van der Waals surface area (Å²) in [6.45, 7) is 6.50. The number of nitrogens with zero attached hydrogens (tertiary/aromatic N) is 1. The van der Waals surface area contributed by atoms with E-state index in [0.29, 0.717) is 6.54 Å². The molecular formula is C12H19N3OS. The molecule has 1 aromatic rings. The van der Waals surface area contributed by atoms with E-state index in [2.05, 4.69) is 22.5 Å². The minimum atomic E-state index is -0.234. The molecule has 2 unspecified atom stereocenters. The molecule has 1 amide bonds. The number of nitrogens with one attached hydrogen (secondary N) is 2. The maximum Gasteiger partial charge on any atom is 0.227 e. The molecule has 5 heteroatoms. The van der Waals surface area contributed by atoms with Gasteiger partial charge in [-0.05, 0) is 19.9 Å². The molecule has 94 valence electrons. The summed E-state index contributed by atoms with van der Waals surface area (Å²) in [4.78, 5) is 16.3. The molecule has 1 aliphatic heterocycles. The summed E-state index contributed by atoms with van der Waals surface area (Å²) >= 11 is 1.64. The van der Waals surface area contributed by atoms with Crippen molar-refractivity contribution in [2.45, 2.75) is 26.2 Å². The summed E-state index contributed by atoms with van der Waals surface area (Å²) in [7, 11) is 0. The molecule has 1 aliphatic rings. The van der Waals surface area contributed by atoms with Gasteiger partial charge in [0.15, 0.2) is 0 Å². The Hall–Kier alpha value is -0.940. The molecule has 2 N–H and O–H groups in total. The molecular weight excluding hydrogens is 234 g/mol. The molecule has 2 rings (SSSR count). The highest BCUT2D eigenvalue weighted by atomic mass is 32.1. The summed E-state index contributed by atoms with van der Waals surface area (Å²) in [5.41, 5.74) is -0.234. The van der Waals surface area contributed by atoms with E-state index in [1.165, 1.54) is 0 Å². The molecule has 1 saturated heterocycles. The lowest BCUT2D eigenvalue weighted by Crippen LogP contribution is -2.41. The zero-order valence-corrected chi connectivity index (χ0v) is 11.1. The van der Waals surface area contributed by atoms with Crippen molar-refractivity contribution in [3.05, 3.63) is 16.6 Å². The Balaban J connectivity index is 1.84. The Morgan fingerprint density at radius 2 is 2.59 bits per heavy atom. The van der Waals surface area contributed by atoms with Crippen LogP contribution < -0.4 is 10.6 Å². The number of aromatic nitrogens is 1. The van der Waals surface area contributed by atoms with Gasteiger partial charge in [-0.2, -0.15) is 0 Å². The molecule has 1 aromatic heterocycles. The molecule has 2 heterocycles. The van der Waals surface area contributed by atoms with Crippen LogP contribution in [0.1, 0.15) is 31.2 Å². The van der Waals surface area contributed by atoms with Crippen LogP contribution in [0.25, 0.3) is 0 Å². The van der Waals surface area contributed by atoms with E-state index in [9.17, 15) is 4.79 Å². The Labute approximate surface area is 106 Å². The second-order valence-electron chi connectivity index (χ2n) is 4.97. The number of thiazole rings is 1. The monoisotopic (exact) mass is 253 g/mol. The third-order valence-electron chi connectivity index (χ3n) is 3.36. The van der Waals surface area contributed by atoms with Crippen molar-refractivity contribution in [1.29, 1.82) is 0 Å². The van der Waals surface area contributed by atoms with Crippen LogP contribution in [0, 0.1) is 5.41 Å². The molecule has 0 spiro atoms. The fourth-order valence-electron chi connectivity index (χ4n) is 2.04. The minimum absolute atomic E-state index is 0.158. The summed E-state index contributed by atoms with van der Waals surface area (Å²) in [6.07, 6.45) is 2.73. The summed E-state index contributed by atoms with van der Waals surface area (Å²) < 4.78 is 0. The van der Waals surface area contributed by atoms with Crippen LogP contribution in [-0.4, -0.2) is 30.5 Å². The van der Waals surface area contributed by atoms with Gasteiger partial charge in [-0.1, -0.05) is 6.92 Å². The van der Waals surface area contributed by atoms with Crippen molar-refractivity contribution in [1.82, 2.24) is 15.6 Å². The van der Waals surface area contributed by atoms with Crippen molar-refractivity contribution in [2.75, 3.05) is 19.6 Å². The fraction of sp³-hybridized carbons (Fsp3) is 0.667. The predicted molar refractivity (Wildman–Crippen MR) is 69.1 cm³/mol. The first-order valence-corrected chi connectivity index (χ1v) is 6.88. The Kier molecular flexibility index (Phi) is 3.79. The third-order valence-corrected chi connectivity index (χ3v) is 4.37. The van der Waals surface area contributed by atoms with E-state index >= 15 is 0 Å². The van der Waals surface area contributed by atoms with Gasteiger partial charge in [0.1, 0.15) is 0 Å². The van der Waals surface area contributed by atoms with Gasteiger partial charge in [-0.3, -0.25) is 4.79 Å². The van der Waals surface area contributed by atoms with Crippen molar-refractivity contribution >= 4 is 17.2 Å². The molecule has 17 heavy (non-hydrogen) atoms. The number of rotatable bonds is 4. The van der Waals surface area contributed by atoms with Crippen LogP contribution in [0.4, 0.5) is 0 Å². The summed E-state index contributed by atoms with van der Waals surface area (Å²) in [6, 6.07) is 0. The van der Waals surface area contributed by atoms with Crippen molar-refractivity contribution < 1.29 is 4.79 Å². The molecule has 0 saturated carbocycles. The second-order valence-corrected chi connectivity index (χ2v) is 5.89. The third kappa shape index (κ3) is 2.84. The highest BCUT2D eigenvalue weighted by Crippen LogP contribution is 2.25. The maximum absolute atomic E-state index is 12.1. The normalized spacial score (nSPS) is 25.8. The van der Waals surface area contributed by atoms with Gasteiger partial charge in [0.25, 0.3) is 0 Å². The molecule has 0 aromatic carbocycles. The van der Waals surface area contributed by atoms with E-state index in [-0.39, 0.29) is 17.2 Å². The highest BCUT2D eigenvalue weighted by Gasteiger charge is 2.36. The molecule has 0 bridgehead atoms. The Bertz CT molecular complexity index is 371. The smallest absolute Gasteiger partial charge is 0.227 e. The summed E-state index contributed by atoms with van der Waals surface area (Å²) in [5.74, 6) is 0.447. The SMILES string of the molecule is CC(CNC(=O)C1(C)CCNC1)c1nccs1. The molecule has 0 aliphatic carbocycles. The second kappa shape index (κ2) is 5.14. The van der Waals surface area contributed by atoms with Gasteiger partial charge >= 0.3 is 0 Å². The van der Waals surface area contributed by atoms with E-state index in [4.69, 9.17) is 0 Å². The van der Waals surface area contributed by atoms with Gasteiger partial charge in [0.2, 0.25) is 5.91 Å². The minimum Gasteiger partial charge on any atom is -0.355 e. The van der Waals surface area contributed by atoms with E-state index < -0.39 is 0 Å².